The minimum atomic E-state index is -5.32. The Kier molecular flexibility index (Phi) is 8.47. The van der Waals surface area contributed by atoms with E-state index in [-0.39, 0.29) is 18.7 Å². The zero-order valence-electron chi connectivity index (χ0n) is 22.2. The summed E-state index contributed by atoms with van der Waals surface area (Å²) in [7, 11) is 3.05. The average Bonchev–Trinajstić information content (AvgIpc) is 3.08. The molecule has 0 radical (unpaired) electrons. The summed E-state index contributed by atoms with van der Waals surface area (Å²) in [5.41, 5.74) is 0.674. The van der Waals surface area contributed by atoms with Gasteiger partial charge in [0.15, 0.2) is 0 Å². The van der Waals surface area contributed by atoms with Gasteiger partial charge in [-0.15, -0.1) is 0 Å². The maximum Gasteiger partial charge on any atom is 0.491 e. The molecule has 4 rings (SSSR count). The van der Waals surface area contributed by atoms with Gasteiger partial charge in [0, 0.05) is 5.56 Å². The van der Waals surface area contributed by atoms with Crippen LogP contribution in [0.5, 0.6) is 11.5 Å². The molecule has 3 aromatic rings. The molecule has 2 N–H and O–H groups in total. The fraction of sp³-hybridized carbons (Fsp3) is 0.286. The largest absolute Gasteiger partial charge is 0.496 e. The highest BCUT2D eigenvalue weighted by Crippen LogP contribution is 2.36. The van der Waals surface area contributed by atoms with E-state index in [0.29, 0.717) is 33.5 Å². The van der Waals surface area contributed by atoms with Crippen molar-refractivity contribution in [2.75, 3.05) is 25.7 Å². The maximum absolute atomic E-state index is 13.8. The highest BCUT2D eigenvalue weighted by molar-refractivity contribution is 6.04. The molecule has 41 heavy (non-hydrogen) atoms. The van der Waals surface area contributed by atoms with E-state index in [1.807, 2.05) is 0 Å². The van der Waals surface area contributed by atoms with Crippen molar-refractivity contribution >= 4 is 40.2 Å². The Morgan fingerprint density at radius 2 is 1.85 bits per heavy atom. The monoisotopic (exact) mass is 573 g/mol. The number of carbonyl (C=O) groups is 4. The van der Waals surface area contributed by atoms with E-state index >= 15 is 0 Å². The number of para-hydroxylation sites is 2. The van der Waals surface area contributed by atoms with Crippen molar-refractivity contribution in [2.45, 2.75) is 31.7 Å². The average molecular weight is 574 g/mol. The van der Waals surface area contributed by atoms with Gasteiger partial charge in [0.2, 0.25) is 5.91 Å². The van der Waals surface area contributed by atoms with E-state index in [4.69, 9.17) is 9.47 Å². The van der Waals surface area contributed by atoms with Crippen molar-refractivity contribution in [3.8, 4) is 11.5 Å². The van der Waals surface area contributed by atoms with Crippen LogP contribution in [0.25, 0.3) is 10.8 Å². The molecule has 13 heteroatoms. The molecule has 0 aromatic heterocycles. The highest BCUT2D eigenvalue weighted by Gasteiger charge is 2.42. The Morgan fingerprint density at radius 1 is 1.12 bits per heavy atom. The Morgan fingerprint density at radius 3 is 2.54 bits per heavy atom. The van der Waals surface area contributed by atoms with Gasteiger partial charge in [-0.1, -0.05) is 24.3 Å². The molecular weight excluding hydrogens is 547 g/mol. The van der Waals surface area contributed by atoms with E-state index in [9.17, 15) is 32.3 Å². The first kappa shape index (κ1) is 29.3. The van der Waals surface area contributed by atoms with E-state index in [0.717, 1.165) is 0 Å². The van der Waals surface area contributed by atoms with Crippen molar-refractivity contribution in [3.63, 3.8) is 0 Å². The molecular formula is C28H26F3N3O7. The Bertz CT molecular complexity index is 1510. The molecule has 216 valence electrons. The highest BCUT2D eigenvalue weighted by atomic mass is 19.4. The van der Waals surface area contributed by atoms with E-state index in [2.05, 4.69) is 15.4 Å². The predicted octanol–water partition coefficient (Wildman–Crippen LogP) is 3.11. The van der Waals surface area contributed by atoms with Crippen LogP contribution in [0.2, 0.25) is 0 Å². The number of esters is 2. The smallest absolute Gasteiger partial charge is 0.491 e. The molecule has 2 amide bonds. The van der Waals surface area contributed by atoms with Crippen molar-refractivity contribution in [1.29, 1.82) is 0 Å². The Hall–Kier alpha value is -4.65. The Balaban J connectivity index is 1.73. The third-order valence-electron chi connectivity index (χ3n) is 6.55. The number of amides is 2. The minimum absolute atomic E-state index is 0.0516. The van der Waals surface area contributed by atoms with Crippen LogP contribution in [0.4, 0.5) is 18.9 Å². The standard InChI is InChI=1S/C28H26F3N3O7/c1-15(32-2)24(35)33-20-14-40-23-7-5-4-6-21(23)34(25(20)36)13-19-18-10-8-17(12-16(18)9-11-22(19)39-3)26(37)41-27(38)28(29,30)31/h4-12,15,20,32H,13-14H2,1-3H3,(H,33,35)/t15-,20-/m0/s1. The summed E-state index contributed by atoms with van der Waals surface area (Å²) in [6, 6.07) is 12.4. The van der Waals surface area contributed by atoms with Gasteiger partial charge in [-0.3, -0.25) is 9.59 Å². The SMILES string of the molecule is CN[C@@H](C)C(=O)N[C@H]1COc2ccccc2N(Cc2c(OC)ccc3cc(C(=O)OC(=O)C(F)(F)F)ccc23)C1=O. The second-order valence-corrected chi connectivity index (χ2v) is 9.13. The lowest BCUT2D eigenvalue weighted by Crippen LogP contribution is -2.53. The number of anilines is 1. The summed E-state index contributed by atoms with van der Waals surface area (Å²) in [5.74, 6) is -4.13. The summed E-state index contributed by atoms with van der Waals surface area (Å²) in [5, 5.41) is 6.46. The number of hydrogen-bond donors (Lipinski definition) is 2. The molecule has 3 aromatic carbocycles. The van der Waals surface area contributed by atoms with Crippen LogP contribution >= 0.6 is 0 Å². The van der Waals surface area contributed by atoms with Crippen LogP contribution in [0.1, 0.15) is 22.8 Å². The molecule has 0 fully saturated rings. The fourth-order valence-electron chi connectivity index (χ4n) is 4.26. The lowest BCUT2D eigenvalue weighted by atomic mass is 10.00. The van der Waals surface area contributed by atoms with E-state index < -0.39 is 42.0 Å². The van der Waals surface area contributed by atoms with Gasteiger partial charge < -0.3 is 29.7 Å². The second-order valence-electron chi connectivity index (χ2n) is 9.13. The van der Waals surface area contributed by atoms with Gasteiger partial charge in [-0.2, -0.15) is 13.2 Å². The first-order valence-electron chi connectivity index (χ1n) is 12.4. The van der Waals surface area contributed by atoms with Gasteiger partial charge in [0.25, 0.3) is 5.91 Å². The van der Waals surface area contributed by atoms with E-state index in [1.54, 1.807) is 50.4 Å². The molecule has 10 nitrogen and oxygen atoms in total. The van der Waals surface area contributed by atoms with Gasteiger partial charge in [0.05, 0.1) is 30.9 Å². The van der Waals surface area contributed by atoms with Crippen LogP contribution < -0.4 is 25.0 Å². The van der Waals surface area contributed by atoms with E-state index in [1.165, 1.54) is 30.2 Å². The zero-order valence-corrected chi connectivity index (χ0v) is 22.2. The topological polar surface area (TPSA) is 123 Å². The Labute approximate surface area is 232 Å². The van der Waals surface area contributed by atoms with Crippen molar-refractivity contribution in [2.24, 2.45) is 0 Å². The number of methoxy groups -OCH3 is 1. The summed E-state index contributed by atoms with van der Waals surface area (Å²) < 4.78 is 53.0. The van der Waals surface area contributed by atoms with Crippen LogP contribution in [-0.2, 0) is 25.7 Å². The van der Waals surface area contributed by atoms with Gasteiger partial charge >= 0.3 is 18.1 Å². The summed E-state index contributed by atoms with van der Waals surface area (Å²) in [6.07, 6.45) is -5.32. The fourth-order valence-corrected chi connectivity index (χ4v) is 4.26. The maximum atomic E-state index is 13.8. The first-order chi connectivity index (χ1) is 19.4. The third-order valence-corrected chi connectivity index (χ3v) is 6.55. The van der Waals surface area contributed by atoms with Crippen molar-refractivity contribution in [1.82, 2.24) is 10.6 Å². The van der Waals surface area contributed by atoms with Crippen LogP contribution in [0, 0.1) is 0 Å². The summed E-state index contributed by atoms with van der Waals surface area (Å²) >= 11 is 0. The normalized spacial score (nSPS) is 15.8. The number of nitrogens with zero attached hydrogens (tertiary/aromatic N) is 1. The number of ether oxygens (including phenoxy) is 3. The molecule has 2 atom stereocenters. The number of hydrogen-bond acceptors (Lipinski definition) is 8. The quantitative estimate of drug-likeness (QED) is 0.327. The number of nitrogens with one attached hydrogen (secondary N) is 2. The molecule has 0 saturated heterocycles. The predicted molar refractivity (Wildman–Crippen MR) is 141 cm³/mol. The molecule has 0 saturated carbocycles. The number of carbonyl (C=O) groups excluding carboxylic acids is 4. The number of fused-ring (bicyclic) bond motifs is 2. The molecule has 0 aliphatic carbocycles. The van der Waals surface area contributed by atoms with Crippen molar-refractivity contribution in [3.05, 3.63) is 65.7 Å². The first-order valence-corrected chi connectivity index (χ1v) is 12.4. The molecule has 0 unspecified atom stereocenters. The minimum Gasteiger partial charge on any atom is -0.496 e. The zero-order chi connectivity index (χ0) is 29.9. The molecule has 0 spiro atoms. The number of alkyl halides is 3. The summed E-state index contributed by atoms with van der Waals surface area (Å²) in [4.78, 5) is 51.2. The van der Waals surface area contributed by atoms with Crippen LogP contribution in [-0.4, -0.2) is 62.8 Å². The molecule has 1 aliphatic rings. The lowest BCUT2D eigenvalue weighted by molar-refractivity contribution is -0.193. The van der Waals surface area contributed by atoms with Gasteiger partial charge in [-0.05, 0) is 55.1 Å². The molecule has 0 bridgehead atoms. The molecule has 1 aliphatic heterocycles. The second kappa shape index (κ2) is 11.8. The third kappa shape index (κ3) is 6.24. The van der Waals surface area contributed by atoms with Gasteiger partial charge in [-0.25, -0.2) is 9.59 Å². The lowest BCUT2D eigenvalue weighted by Gasteiger charge is -2.27. The van der Waals surface area contributed by atoms with Crippen LogP contribution in [0.15, 0.2) is 54.6 Å². The number of likely N-dealkylation sites (N-methyl/N-ethyl adjacent to an activating group) is 1. The number of rotatable bonds is 7. The number of benzene rings is 3. The van der Waals surface area contributed by atoms with Crippen molar-refractivity contribution < 1.29 is 46.6 Å². The van der Waals surface area contributed by atoms with Crippen LogP contribution in [0.3, 0.4) is 0 Å². The number of halogens is 3. The van der Waals surface area contributed by atoms with Gasteiger partial charge in [0.1, 0.15) is 24.1 Å². The summed E-state index contributed by atoms with van der Waals surface area (Å²) in [6.45, 7) is 1.49. The molecule has 1 heterocycles.